The molecular weight excluding hydrogens is 254 g/mol. The Balaban J connectivity index is 0.000000138. The van der Waals surface area contributed by atoms with Gasteiger partial charge in [0.05, 0.1) is 28.0 Å². The van der Waals surface area contributed by atoms with Crippen molar-refractivity contribution < 1.29 is 18.4 Å². The van der Waals surface area contributed by atoms with Crippen LogP contribution < -0.4 is 5.06 Å². The lowest BCUT2D eigenvalue weighted by molar-refractivity contribution is -0.847. The van der Waals surface area contributed by atoms with E-state index in [1.54, 1.807) is 0 Å². The van der Waals surface area contributed by atoms with Crippen LogP contribution in [0.15, 0.2) is 0 Å². The fraction of sp³-hybridized carbons (Fsp3) is 1.00. The van der Waals surface area contributed by atoms with Crippen molar-refractivity contribution >= 4 is 9.63 Å². The Labute approximate surface area is 109 Å². The molecule has 0 amide bonds. The van der Waals surface area contributed by atoms with Gasteiger partial charge in [0.1, 0.15) is 0 Å². The summed E-state index contributed by atoms with van der Waals surface area (Å²) in [5.74, 6) is 0.460. The molecule has 2 atom stereocenters. The van der Waals surface area contributed by atoms with Gasteiger partial charge in [0.15, 0.2) is 0 Å². The molecule has 2 saturated heterocycles. The normalized spacial score (nSPS) is 40.1. The molecule has 0 radical (unpaired) electrons. The van der Waals surface area contributed by atoms with E-state index in [2.05, 4.69) is 0 Å². The maximum atomic E-state index is 11.3. The Morgan fingerprint density at radius 3 is 1.94 bits per heavy atom. The molecule has 5 nitrogen and oxygen atoms in total. The van der Waals surface area contributed by atoms with E-state index in [1.807, 2.05) is 0 Å². The Kier molecular flexibility index (Phi) is 4.14. The predicted octanol–water partition coefficient (Wildman–Crippen LogP) is 0.878. The lowest BCUT2D eigenvalue weighted by atomic mass is 9.83. The number of quaternary nitrogens is 1. The molecule has 6 heteroatoms. The SMILES string of the molecule is O=S1(O)(O)CCC2CCC21.[O-][NH+]1CCCCCC1. The number of hydroxylamine groups is 2. The zero-order chi connectivity index (χ0) is 13.3. The van der Waals surface area contributed by atoms with Crippen LogP contribution in [-0.2, 0) is 9.63 Å². The highest BCUT2D eigenvalue weighted by atomic mass is 32.3. The van der Waals surface area contributed by atoms with Crippen LogP contribution in [0, 0.1) is 11.1 Å². The predicted molar refractivity (Wildman–Crippen MR) is 71.9 cm³/mol. The summed E-state index contributed by atoms with van der Waals surface area (Å²) in [6.45, 7) is 1.69. The molecule has 3 N–H and O–H groups in total. The summed E-state index contributed by atoms with van der Waals surface area (Å²) >= 11 is 0. The highest BCUT2D eigenvalue weighted by Gasteiger charge is 2.55. The van der Waals surface area contributed by atoms with Gasteiger partial charge in [-0.3, -0.25) is 0 Å². The van der Waals surface area contributed by atoms with E-state index in [0.29, 0.717) is 11.0 Å². The molecule has 3 fully saturated rings. The van der Waals surface area contributed by atoms with E-state index >= 15 is 0 Å². The minimum Gasteiger partial charge on any atom is -0.634 e. The first-order valence-corrected chi connectivity index (χ1v) is 9.14. The van der Waals surface area contributed by atoms with Gasteiger partial charge in [-0.1, -0.05) is 0 Å². The van der Waals surface area contributed by atoms with Crippen LogP contribution in [0.1, 0.15) is 44.9 Å². The molecule has 0 aromatic heterocycles. The Morgan fingerprint density at radius 1 is 1.00 bits per heavy atom. The molecule has 108 valence electrons. The smallest absolute Gasteiger partial charge is 0.0856 e. The van der Waals surface area contributed by atoms with E-state index in [9.17, 15) is 18.5 Å². The molecule has 2 unspecified atom stereocenters. The summed E-state index contributed by atoms with van der Waals surface area (Å²) in [7, 11) is -4.09. The van der Waals surface area contributed by atoms with Crippen LogP contribution in [0.3, 0.4) is 0 Å². The number of hydrogen-bond acceptors (Lipinski definition) is 2. The van der Waals surface area contributed by atoms with Gasteiger partial charge < -0.3 is 19.4 Å². The number of hydrogen-bond donors (Lipinski definition) is 3. The second-order valence-corrected chi connectivity index (χ2v) is 9.08. The third kappa shape index (κ3) is 3.30. The highest BCUT2D eigenvalue weighted by Crippen LogP contribution is 2.50. The van der Waals surface area contributed by atoms with Crippen LogP contribution in [0.4, 0.5) is 0 Å². The van der Waals surface area contributed by atoms with Crippen molar-refractivity contribution in [1.82, 2.24) is 0 Å². The van der Waals surface area contributed by atoms with Crippen LogP contribution in [0.5, 0.6) is 0 Å². The first-order chi connectivity index (χ1) is 8.37. The van der Waals surface area contributed by atoms with Gasteiger partial charge >= 0.3 is 0 Å². The summed E-state index contributed by atoms with van der Waals surface area (Å²) in [4.78, 5) is 0. The van der Waals surface area contributed by atoms with Crippen molar-refractivity contribution in [2.75, 3.05) is 18.8 Å². The molecule has 0 aromatic carbocycles. The van der Waals surface area contributed by atoms with Gasteiger partial charge in [-0.25, -0.2) is 4.21 Å². The minimum absolute atomic E-state index is 0.118. The maximum Gasteiger partial charge on any atom is 0.0856 e. The largest absolute Gasteiger partial charge is 0.634 e. The quantitative estimate of drug-likeness (QED) is 0.575. The van der Waals surface area contributed by atoms with E-state index < -0.39 is 9.63 Å². The van der Waals surface area contributed by atoms with Crippen molar-refractivity contribution in [3.8, 4) is 0 Å². The summed E-state index contributed by atoms with van der Waals surface area (Å²) in [5.41, 5.74) is 0. The van der Waals surface area contributed by atoms with Crippen molar-refractivity contribution in [2.24, 2.45) is 5.92 Å². The Morgan fingerprint density at radius 2 is 1.61 bits per heavy atom. The van der Waals surface area contributed by atoms with E-state index in [0.717, 1.165) is 45.2 Å². The third-order valence-electron chi connectivity index (χ3n) is 4.49. The van der Waals surface area contributed by atoms with Crippen molar-refractivity contribution in [1.29, 1.82) is 0 Å². The summed E-state index contributed by atoms with van der Waals surface area (Å²) < 4.78 is 29.8. The van der Waals surface area contributed by atoms with Crippen molar-refractivity contribution in [3.63, 3.8) is 0 Å². The van der Waals surface area contributed by atoms with E-state index in [1.165, 1.54) is 12.8 Å². The van der Waals surface area contributed by atoms with Gasteiger partial charge in [-0.05, 0) is 50.9 Å². The summed E-state index contributed by atoms with van der Waals surface area (Å²) in [6.07, 6.45) is 7.32. The molecule has 3 aliphatic rings. The maximum absolute atomic E-state index is 11.3. The zero-order valence-corrected chi connectivity index (χ0v) is 11.7. The van der Waals surface area contributed by atoms with Crippen LogP contribution >= 0.6 is 0 Å². The second-order valence-electron chi connectivity index (χ2n) is 5.90. The average molecular weight is 279 g/mol. The standard InChI is InChI=1S/C6H13NO.C6H12O3S/c8-7-5-3-1-2-4-6-7;7-10(8,9)4-3-5-1-2-6(5)10/h7H,1-6H2;5-6H,1-4H2,(H2,7,8,9). The molecule has 2 heterocycles. The topological polar surface area (TPSA) is 85.0 Å². The van der Waals surface area contributed by atoms with Crippen molar-refractivity contribution in [3.05, 3.63) is 5.21 Å². The number of nitrogens with one attached hydrogen (secondary N) is 1. The van der Waals surface area contributed by atoms with Crippen molar-refractivity contribution in [2.45, 2.75) is 50.2 Å². The van der Waals surface area contributed by atoms with E-state index in [4.69, 9.17) is 0 Å². The molecule has 2 aliphatic heterocycles. The van der Waals surface area contributed by atoms with Crippen LogP contribution in [0.25, 0.3) is 0 Å². The van der Waals surface area contributed by atoms with Gasteiger partial charge in [-0.15, -0.1) is 0 Å². The molecule has 1 saturated carbocycles. The fourth-order valence-electron chi connectivity index (χ4n) is 3.14. The Bertz CT molecular complexity index is 346. The third-order valence-corrected chi connectivity index (χ3v) is 7.33. The van der Waals surface area contributed by atoms with Gasteiger partial charge in [-0.2, -0.15) is 0 Å². The van der Waals surface area contributed by atoms with Gasteiger partial charge in [0.25, 0.3) is 0 Å². The lowest BCUT2D eigenvalue weighted by Gasteiger charge is -2.40. The summed E-state index contributed by atoms with van der Waals surface area (Å²) in [6, 6.07) is 0. The van der Waals surface area contributed by atoms with Crippen LogP contribution in [-0.4, -0.2) is 37.4 Å². The van der Waals surface area contributed by atoms with Crippen LogP contribution in [0.2, 0.25) is 0 Å². The zero-order valence-electron chi connectivity index (χ0n) is 10.8. The first-order valence-electron chi connectivity index (χ1n) is 7.03. The Hall–Kier alpha value is -0.0100. The lowest BCUT2D eigenvalue weighted by Crippen LogP contribution is -3.06. The first kappa shape index (κ1) is 14.4. The van der Waals surface area contributed by atoms with E-state index in [-0.39, 0.29) is 11.0 Å². The average Bonchev–Trinajstić information content (AvgIpc) is 2.41. The summed E-state index contributed by atoms with van der Waals surface area (Å²) in [5, 5.41) is 10.9. The second kappa shape index (κ2) is 5.17. The van der Waals surface area contributed by atoms with Gasteiger partial charge in [0.2, 0.25) is 0 Å². The minimum atomic E-state index is -4.09. The molecular formula is C12H25NO4S. The molecule has 3 rings (SSSR count). The van der Waals surface area contributed by atoms with Gasteiger partial charge in [0, 0.05) is 5.75 Å². The number of rotatable bonds is 0. The molecule has 1 aliphatic carbocycles. The highest BCUT2D eigenvalue weighted by molar-refractivity contribution is 8.11. The molecule has 0 spiro atoms. The molecule has 0 bridgehead atoms. The molecule has 0 aromatic rings. The molecule has 18 heavy (non-hydrogen) atoms. The monoisotopic (exact) mass is 279 g/mol. The number of fused-ring (bicyclic) bond motifs is 1. The fourth-order valence-corrected chi connectivity index (χ4v) is 5.84.